The number of para-hydroxylation sites is 1. The highest BCUT2D eigenvalue weighted by Crippen LogP contribution is 2.22. The quantitative estimate of drug-likeness (QED) is 0.746. The lowest BCUT2D eigenvalue weighted by Gasteiger charge is -2.07. The Morgan fingerprint density at radius 2 is 1.67 bits per heavy atom. The Bertz CT molecular complexity index is 878. The maximum atomic E-state index is 12.0. The number of rotatable bonds is 3. The molecule has 0 amide bonds. The molecule has 3 rings (SSSR count). The molecule has 0 N–H and O–H groups in total. The second-order valence-corrected chi connectivity index (χ2v) is 5.46. The Labute approximate surface area is 124 Å². The highest BCUT2D eigenvalue weighted by atomic mass is 32.1. The van der Waals surface area contributed by atoms with E-state index in [1.54, 1.807) is 31.3 Å². The van der Waals surface area contributed by atoms with Crippen LogP contribution in [-0.4, -0.2) is 8.52 Å². The third-order valence-corrected chi connectivity index (χ3v) is 3.68. The minimum absolute atomic E-state index is 0.320. The van der Waals surface area contributed by atoms with Crippen LogP contribution in [0.1, 0.15) is 0 Å². The van der Waals surface area contributed by atoms with E-state index in [4.69, 9.17) is 4.74 Å². The number of benzene rings is 2. The molecule has 2 aromatic carbocycles. The molecular weight excluding hydrogens is 288 g/mol. The van der Waals surface area contributed by atoms with E-state index in [1.807, 2.05) is 30.3 Å². The zero-order chi connectivity index (χ0) is 14.8. The maximum Gasteiger partial charge on any atom is 0.345 e. The topological polar surface area (TPSA) is 53.2 Å². The summed E-state index contributed by atoms with van der Waals surface area (Å²) in [4.78, 5) is 23.5. The molecule has 1 aromatic heterocycles. The van der Waals surface area contributed by atoms with Crippen LogP contribution in [0.5, 0.6) is 11.5 Å². The van der Waals surface area contributed by atoms with E-state index in [0.717, 1.165) is 16.1 Å². The van der Waals surface area contributed by atoms with Gasteiger partial charge in [-0.25, -0.2) is 13.3 Å². The average molecular weight is 300 g/mol. The third kappa shape index (κ3) is 2.66. The van der Waals surface area contributed by atoms with Gasteiger partial charge in [0.25, 0.3) is 0 Å². The molecule has 0 atom stereocenters. The Balaban J connectivity index is 2.01. The van der Waals surface area contributed by atoms with E-state index in [2.05, 4.69) is 0 Å². The van der Waals surface area contributed by atoms with Gasteiger partial charge in [0.2, 0.25) is 0 Å². The minimum Gasteiger partial charge on any atom is -0.457 e. The van der Waals surface area contributed by atoms with Crippen molar-refractivity contribution in [1.82, 2.24) is 8.52 Å². The standard InChI is InChI=1S/C15H12N2O3S/c1-16-14(18)17(15(19)21-16)11-6-5-9-13(10-11)20-12-7-3-2-4-8-12/h2-10H,1H3. The summed E-state index contributed by atoms with van der Waals surface area (Å²) in [6, 6.07) is 16.2. The minimum atomic E-state index is -0.359. The van der Waals surface area contributed by atoms with Crippen LogP contribution in [0.15, 0.2) is 64.2 Å². The zero-order valence-electron chi connectivity index (χ0n) is 11.2. The van der Waals surface area contributed by atoms with Gasteiger partial charge in [-0.05, 0) is 24.3 Å². The monoisotopic (exact) mass is 300 g/mol. The van der Waals surface area contributed by atoms with E-state index in [9.17, 15) is 9.59 Å². The highest BCUT2D eigenvalue weighted by molar-refractivity contribution is 7.03. The number of aryl methyl sites for hydroxylation is 1. The van der Waals surface area contributed by atoms with Crippen LogP contribution in [0, 0.1) is 0 Å². The van der Waals surface area contributed by atoms with Gasteiger partial charge in [-0.1, -0.05) is 24.3 Å². The van der Waals surface area contributed by atoms with Gasteiger partial charge >= 0.3 is 10.6 Å². The van der Waals surface area contributed by atoms with E-state index < -0.39 is 0 Å². The predicted octanol–water partition coefficient (Wildman–Crippen LogP) is 2.39. The molecular formula is C15H12N2O3S. The summed E-state index contributed by atoms with van der Waals surface area (Å²) in [6.07, 6.45) is 0. The first kappa shape index (κ1) is 13.4. The van der Waals surface area contributed by atoms with Gasteiger partial charge in [-0.3, -0.25) is 4.79 Å². The van der Waals surface area contributed by atoms with Gasteiger partial charge in [-0.2, -0.15) is 0 Å². The zero-order valence-corrected chi connectivity index (χ0v) is 12.0. The molecule has 3 aromatic rings. The van der Waals surface area contributed by atoms with Crippen LogP contribution in [-0.2, 0) is 7.05 Å². The largest absolute Gasteiger partial charge is 0.457 e. The van der Waals surface area contributed by atoms with E-state index in [1.165, 1.54) is 3.96 Å². The number of ether oxygens (including phenoxy) is 1. The molecule has 0 bridgehead atoms. The first-order valence-corrected chi connectivity index (χ1v) is 7.05. The summed E-state index contributed by atoms with van der Waals surface area (Å²) in [5, 5.41) is 0. The van der Waals surface area contributed by atoms with Crippen molar-refractivity contribution in [2.45, 2.75) is 0 Å². The summed E-state index contributed by atoms with van der Waals surface area (Å²) in [7, 11) is 1.56. The van der Waals surface area contributed by atoms with Gasteiger partial charge in [0.15, 0.2) is 0 Å². The van der Waals surface area contributed by atoms with Crippen molar-refractivity contribution < 1.29 is 4.74 Å². The van der Waals surface area contributed by atoms with E-state index >= 15 is 0 Å². The fraction of sp³-hybridized carbons (Fsp3) is 0.0667. The molecule has 0 aliphatic heterocycles. The number of nitrogens with zero attached hydrogens (tertiary/aromatic N) is 2. The summed E-state index contributed by atoms with van der Waals surface area (Å²) in [6.45, 7) is 0. The van der Waals surface area contributed by atoms with Crippen molar-refractivity contribution >= 4 is 11.5 Å². The molecule has 0 unspecified atom stereocenters. The molecule has 0 saturated heterocycles. The molecule has 0 fully saturated rings. The SMILES string of the molecule is Cn1sc(=O)n(-c2cccc(Oc3ccccc3)c2)c1=O. The first-order chi connectivity index (χ1) is 10.1. The molecule has 21 heavy (non-hydrogen) atoms. The molecule has 6 heteroatoms. The van der Waals surface area contributed by atoms with Gasteiger partial charge in [-0.15, -0.1) is 0 Å². The summed E-state index contributed by atoms with van der Waals surface area (Å²) < 4.78 is 8.13. The van der Waals surface area contributed by atoms with Crippen LogP contribution in [0.2, 0.25) is 0 Å². The molecule has 0 radical (unpaired) electrons. The Morgan fingerprint density at radius 3 is 2.33 bits per heavy atom. The Kier molecular flexibility index (Phi) is 3.45. The molecule has 5 nitrogen and oxygen atoms in total. The second kappa shape index (κ2) is 5.41. The van der Waals surface area contributed by atoms with Crippen LogP contribution in [0.25, 0.3) is 5.69 Å². The van der Waals surface area contributed by atoms with Crippen LogP contribution < -0.4 is 15.3 Å². The van der Waals surface area contributed by atoms with Crippen molar-refractivity contribution in [3.05, 3.63) is 74.7 Å². The van der Waals surface area contributed by atoms with Crippen molar-refractivity contribution in [2.75, 3.05) is 0 Å². The van der Waals surface area contributed by atoms with Crippen LogP contribution >= 0.6 is 11.5 Å². The maximum absolute atomic E-state index is 12.0. The fourth-order valence-electron chi connectivity index (χ4n) is 1.94. The third-order valence-electron chi connectivity index (χ3n) is 2.91. The summed E-state index contributed by atoms with van der Waals surface area (Å²) in [5.41, 5.74) is 0.136. The lowest BCUT2D eigenvalue weighted by atomic mass is 10.3. The van der Waals surface area contributed by atoms with Gasteiger partial charge in [0, 0.05) is 24.6 Å². The van der Waals surface area contributed by atoms with Crippen LogP contribution in [0.4, 0.5) is 0 Å². The second-order valence-electron chi connectivity index (χ2n) is 4.39. The number of aromatic nitrogens is 2. The van der Waals surface area contributed by atoms with E-state index in [-0.39, 0.29) is 10.6 Å². The van der Waals surface area contributed by atoms with Crippen molar-refractivity contribution in [2.24, 2.45) is 7.05 Å². The fourth-order valence-corrected chi connectivity index (χ4v) is 2.60. The average Bonchev–Trinajstić information content (AvgIpc) is 2.73. The summed E-state index contributed by atoms with van der Waals surface area (Å²) in [5.74, 6) is 1.26. The Hall–Kier alpha value is -2.60. The van der Waals surface area contributed by atoms with Crippen molar-refractivity contribution in [3.8, 4) is 17.2 Å². The van der Waals surface area contributed by atoms with Crippen molar-refractivity contribution in [3.63, 3.8) is 0 Å². The van der Waals surface area contributed by atoms with Crippen molar-refractivity contribution in [1.29, 1.82) is 0 Å². The molecule has 0 spiro atoms. The smallest absolute Gasteiger partial charge is 0.345 e. The molecule has 1 heterocycles. The summed E-state index contributed by atoms with van der Waals surface area (Å²) >= 11 is 0.871. The Morgan fingerprint density at radius 1 is 0.952 bits per heavy atom. The number of hydrogen-bond donors (Lipinski definition) is 0. The molecule has 106 valence electrons. The number of hydrogen-bond acceptors (Lipinski definition) is 4. The lowest BCUT2D eigenvalue weighted by molar-refractivity contribution is 0.482. The first-order valence-electron chi connectivity index (χ1n) is 6.28. The highest BCUT2D eigenvalue weighted by Gasteiger charge is 2.10. The molecule has 0 aliphatic carbocycles. The molecule has 0 aliphatic rings. The predicted molar refractivity (Wildman–Crippen MR) is 81.7 cm³/mol. The van der Waals surface area contributed by atoms with Gasteiger partial charge in [0.1, 0.15) is 11.5 Å². The van der Waals surface area contributed by atoms with Crippen LogP contribution in [0.3, 0.4) is 0 Å². The molecule has 0 saturated carbocycles. The van der Waals surface area contributed by atoms with Gasteiger partial charge in [0.05, 0.1) is 5.69 Å². The van der Waals surface area contributed by atoms with Gasteiger partial charge < -0.3 is 4.74 Å². The van der Waals surface area contributed by atoms with E-state index in [0.29, 0.717) is 17.2 Å². The lowest BCUT2D eigenvalue weighted by Crippen LogP contribution is -2.26. The normalized spacial score (nSPS) is 10.5.